The van der Waals surface area contributed by atoms with Gasteiger partial charge in [0.25, 0.3) is 0 Å². The highest BCUT2D eigenvalue weighted by Gasteiger charge is 2.66. The number of carbonyl (C=O) groups is 4. The Labute approximate surface area is 317 Å². The molecule has 9 heteroatoms. The molecule has 1 aliphatic heterocycles. The van der Waals surface area contributed by atoms with Crippen LogP contribution in [0.4, 0.5) is 5.69 Å². The number of benzene rings is 4. The molecule has 1 N–H and O–H groups in total. The number of nitrogens with zero attached hydrogens (tertiary/aromatic N) is 1. The molecule has 0 bridgehead atoms. The van der Waals surface area contributed by atoms with Crippen molar-refractivity contribution in [3.63, 3.8) is 0 Å². The second kappa shape index (κ2) is 13.0. The highest BCUT2D eigenvalue weighted by molar-refractivity contribution is 9.13. The van der Waals surface area contributed by atoms with Gasteiger partial charge in [0.15, 0.2) is 23.1 Å². The SMILES string of the molecule is C=Cc1ccc(N2C(=O)[C@H]3[C@H](CC=C4[C@H]3C[C@H]3C(=O)C(c5ccccc5)=CC(=O)[C@@]3(c3ccccc3)[C@H]4c3cc(OC)c(O)c(Br)c3Br)C2=O)cc1. The third-order valence-electron chi connectivity index (χ3n) is 11.5. The van der Waals surface area contributed by atoms with Crippen molar-refractivity contribution in [2.45, 2.75) is 24.2 Å². The number of phenols is 1. The predicted octanol–water partition coefficient (Wildman–Crippen LogP) is 8.60. The van der Waals surface area contributed by atoms with Gasteiger partial charge in [0.2, 0.25) is 11.8 Å². The summed E-state index contributed by atoms with van der Waals surface area (Å²) in [5.74, 6) is -4.59. The van der Waals surface area contributed by atoms with E-state index in [0.717, 1.165) is 11.1 Å². The van der Waals surface area contributed by atoms with E-state index in [1.165, 1.54) is 18.1 Å². The molecule has 0 spiro atoms. The van der Waals surface area contributed by atoms with Gasteiger partial charge in [-0.1, -0.05) is 97.1 Å². The number of Topliss-reactive ketones (excluding diaryl/α,β-unsaturated/α-hetero) is 1. The number of halogens is 2. The van der Waals surface area contributed by atoms with Gasteiger partial charge < -0.3 is 9.84 Å². The summed E-state index contributed by atoms with van der Waals surface area (Å²) in [5, 5.41) is 11.0. The van der Waals surface area contributed by atoms with Gasteiger partial charge in [0.1, 0.15) is 0 Å². The summed E-state index contributed by atoms with van der Waals surface area (Å²) >= 11 is 7.28. The van der Waals surface area contributed by atoms with Crippen LogP contribution in [0.2, 0.25) is 0 Å². The van der Waals surface area contributed by atoms with Gasteiger partial charge >= 0.3 is 0 Å². The number of imide groups is 1. The van der Waals surface area contributed by atoms with Crippen LogP contribution < -0.4 is 9.64 Å². The van der Waals surface area contributed by atoms with E-state index in [1.54, 1.807) is 24.3 Å². The van der Waals surface area contributed by atoms with Gasteiger partial charge in [-0.15, -0.1) is 0 Å². The van der Waals surface area contributed by atoms with Crippen molar-refractivity contribution in [1.29, 1.82) is 0 Å². The average Bonchev–Trinajstić information content (AvgIpc) is 3.44. The summed E-state index contributed by atoms with van der Waals surface area (Å²) in [5.41, 5.74) is 2.96. The lowest BCUT2D eigenvalue weighted by molar-refractivity contribution is -0.135. The monoisotopic (exact) mass is 817 g/mol. The number of fused-ring (bicyclic) bond motifs is 4. The molecule has 1 saturated heterocycles. The summed E-state index contributed by atoms with van der Waals surface area (Å²) in [6.45, 7) is 3.81. The molecule has 260 valence electrons. The summed E-state index contributed by atoms with van der Waals surface area (Å²) in [7, 11) is 1.45. The van der Waals surface area contributed by atoms with Crippen molar-refractivity contribution in [3.8, 4) is 11.5 Å². The summed E-state index contributed by atoms with van der Waals surface area (Å²) < 4.78 is 6.45. The summed E-state index contributed by atoms with van der Waals surface area (Å²) in [4.78, 5) is 60.5. The molecule has 1 heterocycles. The number of methoxy groups -OCH3 is 1. The van der Waals surface area contributed by atoms with Crippen molar-refractivity contribution in [2.24, 2.45) is 23.7 Å². The maximum atomic E-state index is 15.3. The fourth-order valence-electron chi connectivity index (χ4n) is 9.21. The first-order valence-electron chi connectivity index (χ1n) is 17.1. The Balaban J connectivity index is 1.39. The molecule has 2 fully saturated rings. The average molecular weight is 820 g/mol. The van der Waals surface area contributed by atoms with Gasteiger partial charge in [-0.25, -0.2) is 0 Å². The van der Waals surface area contributed by atoms with Crippen LogP contribution in [-0.2, 0) is 24.6 Å². The first kappa shape index (κ1) is 34.2. The van der Waals surface area contributed by atoms with Gasteiger partial charge in [0.05, 0.1) is 34.5 Å². The largest absolute Gasteiger partial charge is 0.503 e. The maximum Gasteiger partial charge on any atom is 0.238 e. The Morgan fingerprint density at radius 2 is 1.56 bits per heavy atom. The lowest BCUT2D eigenvalue weighted by Gasteiger charge is -2.55. The Bertz CT molecular complexity index is 2250. The van der Waals surface area contributed by atoms with Crippen LogP contribution in [0.1, 0.15) is 41.0 Å². The Kier molecular flexibility index (Phi) is 8.54. The van der Waals surface area contributed by atoms with Gasteiger partial charge in [-0.2, -0.15) is 0 Å². The normalized spacial score (nSPS) is 26.6. The number of allylic oxidation sites excluding steroid dienone is 4. The lowest BCUT2D eigenvalue weighted by atomic mass is 9.44. The smallest absolute Gasteiger partial charge is 0.238 e. The quantitative estimate of drug-likeness (QED) is 0.155. The number of aromatic hydroxyl groups is 1. The Morgan fingerprint density at radius 1 is 0.885 bits per heavy atom. The van der Waals surface area contributed by atoms with Crippen molar-refractivity contribution in [3.05, 3.63) is 146 Å². The number of carbonyl (C=O) groups excluding carboxylic acids is 4. The van der Waals surface area contributed by atoms with Crippen LogP contribution in [0.5, 0.6) is 11.5 Å². The molecule has 4 aromatic rings. The Morgan fingerprint density at radius 3 is 2.21 bits per heavy atom. The highest BCUT2D eigenvalue weighted by Crippen LogP contribution is 2.65. The lowest BCUT2D eigenvalue weighted by Crippen LogP contribution is -2.59. The third kappa shape index (κ3) is 4.89. The van der Waals surface area contributed by atoms with Crippen LogP contribution in [0.25, 0.3) is 11.6 Å². The molecule has 8 rings (SSSR count). The fourth-order valence-corrected chi connectivity index (χ4v) is 10.2. The third-order valence-corrected chi connectivity index (χ3v) is 13.6. The Hall–Kier alpha value is -4.86. The zero-order chi connectivity index (χ0) is 36.5. The zero-order valence-corrected chi connectivity index (χ0v) is 31.3. The minimum atomic E-state index is -1.43. The van der Waals surface area contributed by atoms with Crippen LogP contribution in [0, 0.1) is 23.7 Å². The van der Waals surface area contributed by atoms with E-state index < -0.39 is 35.0 Å². The van der Waals surface area contributed by atoms with Crippen molar-refractivity contribution >= 4 is 72.6 Å². The molecule has 2 amide bonds. The number of hydrogen-bond acceptors (Lipinski definition) is 6. The number of phenolic OH excluding ortho intramolecular Hbond substituents is 1. The van der Waals surface area contributed by atoms with Crippen LogP contribution in [-0.4, -0.2) is 35.6 Å². The van der Waals surface area contributed by atoms with Crippen LogP contribution in [0.15, 0.2) is 124 Å². The molecule has 4 aromatic carbocycles. The molecule has 52 heavy (non-hydrogen) atoms. The van der Waals surface area contributed by atoms with Crippen molar-refractivity contribution in [1.82, 2.24) is 0 Å². The van der Waals surface area contributed by atoms with E-state index in [2.05, 4.69) is 38.4 Å². The van der Waals surface area contributed by atoms with Crippen molar-refractivity contribution < 1.29 is 29.0 Å². The molecule has 7 nitrogen and oxygen atoms in total. The second-order valence-electron chi connectivity index (χ2n) is 13.7. The van der Waals surface area contributed by atoms with E-state index >= 15 is 9.59 Å². The molecule has 0 unspecified atom stereocenters. The minimum Gasteiger partial charge on any atom is -0.503 e. The van der Waals surface area contributed by atoms with Gasteiger partial charge in [-0.05, 0) is 97.1 Å². The number of amides is 2. The molecular weight excluding hydrogens is 786 g/mol. The first-order chi connectivity index (χ1) is 25.1. The number of ketones is 2. The molecule has 4 aliphatic rings. The highest BCUT2D eigenvalue weighted by atomic mass is 79.9. The van der Waals surface area contributed by atoms with Gasteiger partial charge in [-0.3, -0.25) is 24.1 Å². The molecular formula is C43H33Br2NO6. The van der Waals surface area contributed by atoms with E-state index in [0.29, 0.717) is 36.9 Å². The number of anilines is 1. The molecule has 3 aliphatic carbocycles. The molecule has 0 aromatic heterocycles. The molecule has 6 atom stereocenters. The predicted molar refractivity (Wildman–Crippen MR) is 206 cm³/mol. The van der Waals surface area contributed by atoms with Crippen LogP contribution in [0.3, 0.4) is 0 Å². The first-order valence-corrected chi connectivity index (χ1v) is 18.7. The number of hydrogen-bond donors (Lipinski definition) is 1. The topological polar surface area (TPSA) is 101 Å². The number of ether oxygens (including phenoxy) is 1. The second-order valence-corrected chi connectivity index (χ2v) is 15.3. The van der Waals surface area contributed by atoms with E-state index in [-0.39, 0.29) is 47.7 Å². The molecule has 0 radical (unpaired) electrons. The van der Waals surface area contributed by atoms with E-state index in [9.17, 15) is 14.7 Å². The van der Waals surface area contributed by atoms with Crippen molar-refractivity contribution in [2.75, 3.05) is 12.0 Å². The number of rotatable bonds is 6. The minimum absolute atomic E-state index is 0.125. The standard InChI is InChI=1S/C43H33Br2NO6/c1-3-23-14-16-26(17-15-23)46-41(50)28-19-18-27-30(35(28)42(46)51)20-32-39(48)29(24-10-6-4-7-11-24)22-34(47)43(32,25-12-8-5-9-13-25)36(27)31-21-33(52-2)40(49)38(45)37(31)44/h3-18,21-22,28,30,32,35-36,49H,1,19-20H2,2H3/t28-,30+,32-,35-,36+,43-/m0/s1. The fraction of sp³-hybridized carbons (Fsp3) is 0.209. The zero-order valence-electron chi connectivity index (χ0n) is 28.1. The van der Waals surface area contributed by atoms with Gasteiger partial charge in [0, 0.05) is 21.9 Å². The summed E-state index contributed by atoms with van der Waals surface area (Å²) in [6, 6.07) is 27.4. The molecule has 1 saturated carbocycles. The maximum absolute atomic E-state index is 15.3. The van der Waals surface area contributed by atoms with E-state index in [1.807, 2.05) is 78.9 Å². The van der Waals surface area contributed by atoms with Crippen LogP contribution >= 0.6 is 31.9 Å². The van der Waals surface area contributed by atoms with E-state index in [4.69, 9.17) is 4.74 Å². The summed E-state index contributed by atoms with van der Waals surface area (Å²) in [6.07, 6.45) is 5.67.